The van der Waals surface area contributed by atoms with Gasteiger partial charge in [-0.05, 0) is 61.1 Å². The molecule has 1 unspecified atom stereocenters. The highest BCUT2D eigenvalue weighted by atomic mass is 35.5. The number of amides is 1. The highest BCUT2D eigenvalue weighted by Crippen LogP contribution is 2.20. The molecule has 134 valence electrons. The molecule has 1 aromatic heterocycles. The molecule has 0 saturated carbocycles. The van der Waals surface area contributed by atoms with Crippen molar-refractivity contribution in [3.8, 4) is 11.4 Å². The molecule has 0 fully saturated rings. The second kappa shape index (κ2) is 8.03. The molecule has 5 nitrogen and oxygen atoms in total. The maximum Gasteiger partial charge on any atom is 0.240 e. The minimum absolute atomic E-state index is 0.0607. The number of nitrogens with zero attached hydrogens (tertiary/aromatic N) is 2. The van der Waals surface area contributed by atoms with Crippen molar-refractivity contribution in [2.75, 3.05) is 0 Å². The summed E-state index contributed by atoms with van der Waals surface area (Å²) in [6, 6.07) is 14.4. The summed E-state index contributed by atoms with van der Waals surface area (Å²) in [4.78, 5) is 12.5. The van der Waals surface area contributed by atoms with Gasteiger partial charge in [-0.1, -0.05) is 35.3 Å². The summed E-state index contributed by atoms with van der Waals surface area (Å²) < 4.78 is 2.03. The van der Waals surface area contributed by atoms with Crippen LogP contribution in [0.25, 0.3) is 11.4 Å². The monoisotopic (exact) mass is 406 g/mol. The van der Waals surface area contributed by atoms with Crippen LogP contribution in [0, 0.1) is 4.77 Å². The molecule has 2 N–H and O–H groups in total. The van der Waals surface area contributed by atoms with Crippen molar-refractivity contribution >= 4 is 41.3 Å². The number of aromatic nitrogens is 3. The molecule has 0 radical (unpaired) electrons. The first kappa shape index (κ1) is 18.6. The van der Waals surface area contributed by atoms with Gasteiger partial charge in [0.1, 0.15) is 6.54 Å². The normalized spacial score (nSPS) is 12.0. The van der Waals surface area contributed by atoms with Crippen LogP contribution in [0.15, 0.2) is 48.5 Å². The lowest BCUT2D eigenvalue weighted by Crippen LogP contribution is -2.30. The third-order valence-electron chi connectivity index (χ3n) is 3.91. The molecule has 0 spiro atoms. The second-order valence-corrected chi connectivity index (χ2v) is 7.05. The number of H-pyrrole nitrogens is 1. The van der Waals surface area contributed by atoms with E-state index in [9.17, 15) is 4.79 Å². The van der Waals surface area contributed by atoms with Gasteiger partial charge in [0, 0.05) is 15.6 Å². The molecule has 3 rings (SSSR count). The molecule has 2 aromatic carbocycles. The molecule has 3 aromatic rings. The van der Waals surface area contributed by atoms with Crippen LogP contribution in [0.1, 0.15) is 18.5 Å². The van der Waals surface area contributed by atoms with Gasteiger partial charge in [-0.2, -0.15) is 5.10 Å². The van der Waals surface area contributed by atoms with E-state index >= 15 is 0 Å². The Morgan fingerprint density at radius 2 is 1.73 bits per heavy atom. The Kier molecular flexibility index (Phi) is 5.76. The van der Waals surface area contributed by atoms with Crippen molar-refractivity contribution in [3.63, 3.8) is 0 Å². The van der Waals surface area contributed by atoms with E-state index in [1.54, 1.807) is 28.8 Å². The van der Waals surface area contributed by atoms with Gasteiger partial charge in [-0.25, -0.2) is 0 Å². The molecule has 0 saturated heterocycles. The lowest BCUT2D eigenvalue weighted by molar-refractivity contribution is -0.122. The Labute approximate surface area is 166 Å². The predicted octanol–water partition coefficient (Wildman–Crippen LogP) is 4.79. The Morgan fingerprint density at radius 1 is 1.15 bits per heavy atom. The van der Waals surface area contributed by atoms with E-state index in [1.807, 2.05) is 31.2 Å². The summed E-state index contributed by atoms with van der Waals surface area (Å²) in [6.07, 6.45) is 0. The van der Waals surface area contributed by atoms with Crippen LogP contribution in [0.3, 0.4) is 0 Å². The molecule has 0 aliphatic rings. The predicted molar refractivity (Wildman–Crippen MR) is 106 cm³/mol. The van der Waals surface area contributed by atoms with Crippen LogP contribution in [-0.2, 0) is 11.3 Å². The largest absolute Gasteiger partial charge is 0.348 e. The molecule has 1 heterocycles. The Balaban J connectivity index is 1.75. The van der Waals surface area contributed by atoms with Crippen LogP contribution in [0.5, 0.6) is 0 Å². The zero-order chi connectivity index (χ0) is 18.7. The molecule has 0 bridgehead atoms. The van der Waals surface area contributed by atoms with Crippen LogP contribution in [0.4, 0.5) is 0 Å². The zero-order valence-corrected chi connectivity index (χ0v) is 16.2. The standard InChI is InChI=1S/C18H16Cl2N4OS/c1-11(12-2-6-14(19)7-3-12)21-16(25)10-24-17(22-23-18(24)26)13-4-8-15(20)9-5-13/h2-9,11H,10H2,1H3,(H,21,25)(H,23,26). The number of halogens is 2. The van der Waals surface area contributed by atoms with Gasteiger partial charge >= 0.3 is 0 Å². The van der Waals surface area contributed by atoms with Crippen molar-refractivity contribution in [2.24, 2.45) is 0 Å². The number of carbonyl (C=O) groups excluding carboxylic acids is 1. The van der Waals surface area contributed by atoms with E-state index in [1.165, 1.54) is 0 Å². The minimum Gasteiger partial charge on any atom is -0.348 e. The molecular weight excluding hydrogens is 391 g/mol. The van der Waals surface area contributed by atoms with Crippen LogP contribution >= 0.6 is 35.4 Å². The SMILES string of the molecule is CC(NC(=O)Cn1c(-c2ccc(Cl)cc2)n[nH]c1=S)c1ccc(Cl)cc1. The highest BCUT2D eigenvalue weighted by Gasteiger charge is 2.15. The lowest BCUT2D eigenvalue weighted by Gasteiger charge is -2.15. The number of hydrogen-bond donors (Lipinski definition) is 2. The zero-order valence-electron chi connectivity index (χ0n) is 13.9. The average molecular weight is 407 g/mol. The van der Waals surface area contributed by atoms with E-state index in [2.05, 4.69) is 15.5 Å². The molecule has 1 amide bonds. The van der Waals surface area contributed by atoms with E-state index in [0.717, 1.165) is 11.1 Å². The van der Waals surface area contributed by atoms with E-state index in [-0.39, 0.29) is 18.5 Å². The van der Waals surface area contributed by atoms with E-state index < -0.39 is 0 Å². The second-order valence-electron chi connectivity index (χ2n) is 5.79. The fraction of sp³-hybridized carbons (Fsp3) is 0.167. The number of rotatable bonds is 5. The van der Waals surface area contributed by atoms with Crippen LogP contribution in [0.2, 0.25) is 10.0 Å². The van der Waals surface area contributed by atoms with Crippen LogP contribution in [-0.4, -0.2) is 20.7 Å². The number of hydrogen-bond acceptors (Lipinski definition) is 3. The summed E-state index contributed by atoms with van der Waals surface area (Å²) in [5.41, 5.74) is 1.79. The van der Waals surface area contributed by atoms with Gasteiger partial charge in [-0.3, -0.25) is 14.5 Å². The first-order chi connectivity index (χ1) is 12.4. The van der Waals surface area contributed by atoms with Gasteiger partial charge in [0.25, 0.3) is 0 Å². The smallest absolute Gasteiger partial charge is 0.240 e. The van der Waals surface area contributed by atoms with Crippen molar-refractivity contribution in [1.82, 2.24) is 20.1 Å². The summed E-state index contributed by atoms with van der Waals surface area (Å²) >= 11 is 17.1. The summed E-state index contributed by atoms with van der Waals surface area (Å²) in [5.74, 6) is 0.418. The first-order valence-corrected chi connectivity index (χ1v) is 9.06. The summed E-state index contributed by atoms with van der Waals surface area (Å²) in [6.45, 7) is 1.97. The van der Waals surface area contributed by atoms with E-state index in [0.29, 0.717) is 20.6 Å². The summed E-state index contributed by atoms with van der Waals surface area (Å²) in [7, 11) is 0. The molecular formula is C18H16Cl2N4OS. The van der Waals surface area contributed by atoms with Gasteiger partial charge in [0.15, 0.2) is 10.6 Å². The molecule has 26 heavy (non-hydrogen) atoms. The van der Waals surface area contributed by atoms with Crippen molar-refractivity contribution in [2.45, 2.75) is 19.5 Å². The third kappa shape index (κ3) is 4.33. The Bertz CT molecular complexity index is 964. The summed E-state index contributed by atoms with van der Waals surface area (Å²) in [5, 5.41) is 11.2. The average Bonchev–Trinajstić information content (AvgIpc) is 2.97. The fourth-order valence-electron chi connectivity index (χ4n) is 2.55. The molecule has 8 heteroatoms. The van der Waals surface area contributed by atoms with Crippen molar-refractivity contribution in [3.05, 3.63) is 68.9 Å². The Hall–Kier alpha value is -2.15. The van der Waals surface area contributed by atoms with Crippen molar-refractivity contribution < 1.29 is 4.79 Å². The quantitative estimate of drug-likeness (QED) is 0.598. The highest BCUT2D eigenvalue weighted by molar-refractivity contribution is 7.71. The number of carbonyl (C=O) groups is 1. The van der Waals surface area contributed by atoms with Crippen LogP contribution < -0.4 is 5.32 Å². The molecule has 0 aliphatic carbocycles. The van der Waals surface area contributed by atoms with Gasteiger partial charge in [0.05, 0.1) is 6.04 Å². The Morgan fingerprint density at radius 3 is 2.35 bits per heavy atom. The maximum absolute atomic E-state index is 12.5. The first-order valence-electron chi connectivity index (χ1n) is 7.90. The topological polar surface area (TPSA) is 62.7 Å². The van der Waals surface area contributed by atoms with Gasteiger partial charge in [0.2, 0.25) is 5.91 Å². The van der Waals surface area contributed by atoms with Crippen molar-refractivity contribution in [1.29, 1.82) is 0 Å². The number of benzene rings is 2. The minimum atomic E-state index is -0.167. The molecule has 1 atom stereocenters. The number of nitrogens with one attached hydrogen (secondary N) is 2. The van der Waals surface area contributed by atoms with Gasteiger partial charge < -0.3 is 5.32 Å². The van der Waals surface area contributed by atoms with E-state index in [4.69, 9.17) is 35.4 Å². The maximum atomic E-state index is 12.5. The number of aromatic amines is 1. The fourth-order valence-corrected chi connectivity index (χ4v) is 3.00. The third-order valence-corrected chi connectivity index (χ3v) is 4.73. The molecule has 0 aliphatic heterocycles. The lowest BCUT2D eigenvalue weighted by atomic mass is 10.1. The van der Waals surface area contributed by atoms with Gasteiger partial charge in [-0.15, -0.1) is 0 Å².